The molecule has 2 aromatic heterocycles. The summed E-state index contributed by atoms with van der Waals surface area (Å²) in [5.74, 6) is 0.421. The summed E-state index contributed by atoms with van der Waals surface area (Å²) < 4.78 is 45.8. The zero-order valence-corrected chi connectivity index (χ0v) is 13.4. The second kappa shape index (κ2) is 6.60. The summed E-state index contributed by atoms with van der Waals surface area (Å²) in [6, 6.07) is 7.14. The minimum absolute atomic E-state index is 0.0985. The Labute approximate surface area is 144 Å². The third-order valence-corrected chi connectivity index (χ3v) is 3.41. The molecule has 0 atom stereocenters. The van der Waals surface area contributed by atoms with Crippen molar-refractivity contribution in [2.24, 2.45) is 0 Å². The number of anilines is 1. The molecule has 0 radical (unpaired) electrons. The number of pyridine rings is 1. The maximum absolute atomic E-state index is 12.3. The van der Waals surface area contributed by atoms with Crippen LogP contribution in [0.25, 0.3) is 22.8 Å². The zero-order chi connectivity index (χ0) is 18.0. The molecule has 0 bridgehead atoms. The van der Waals surface area contributed by atoms with Crippen LogP contribution in [0.1, 0.15) is 0 Å². The van der Waals surface area contributed by atoms with Gasteiger partial charge in [-0.1, -0.05) is 16.8 Å². The van der Waals surface area contributed by atoms with Gasteiger partial charge in [-0.05, 0) is 30.3 Å². The molecule has 10 heteroatoms. The van der Waals surface area contributed by atoms with Crippen molar-refractivity contribution < 1.29 is 22.4 Å². The Balaban J connectivity index is 1.91. The number of rotatable bonds is 4. The second-order valence-corrected chi connectivity index (χ2v) is 5.17. The Morgan fingerprint density at radius 3 is 2.72 bits per heavy atom. The van der Waals surface area contributed by atoms with Crippen LogP contribution in [0.2, 0.25) is 5.02 Å². The molecule has 0 saturated heterocycles. The van der Waals surface area contributed by atoms with Crippen molar-refractivity contribution in [2.75, 3.05) is 12.4 Å². The summed E-state index contributed by atoms with van der Waals surface area (Å²) >= 11 is 5.82. The van der Waals surface area contributed by atoms with E-state index < -0.39 is 12.1 Å². The minimum Gasteiger partial charge on any atom is -0.404 e. The first-order valence-electron chi connectivity index (χ1n) is 6.90. The van der Waals surface area contributed by atoms with Gasteiger partial charge in [-0.15, -0.1) is 13.2 Å². The van der Waals surface area contributed by atoms with Crippen LogP contribution in [-0.2, 0) is 0 Å². The van der Waals surface area contributed by atoms with Gasteiger partial charge in [0.15, 0.2) is 0 Å². The van der Waals surface area contributed by atoms with Crippen LogP contribution in [0.3, 0.4) is 0 Å². The lowest BCUT2D eigenvalue weighted by molar-refractivity contribution is -0.274. The molecule has 0 aliphatic carbocycles. The lowest BCUT2D eigenvalue weighted by atomic mass is 10.2. The first-order valence-corrected chi connectivity index (χ1v) is 7.27. The van der Waals surface area contributed by atoms with E-state index in [4.69, 9.17) is 16.1 Å². The number of hydrogen-bond acceptors (Lipinski definition) is 6. The molecule has 0 unspecified atom stereocenters. The Morgan fingerprint density at radius 1 is 1.24 bits per heavy atom. The van der Waals surface area contributed by atoms with Gasteiger partial charge in [-0.2, -0.15) is 4.98 Å². The van der Waals surface area contributed by atoms with E-state index in [-0.39, 0.29) is 16.7 Å². The van der Waals surface area contributed by atoms with Crippen LogP contribution < -0.4 is 10.1 Å². The summed E-state index contributed by atoms with van der Waals surface area (Å²) in [6.45, 7) is 0. The minimum atomic E-state index is -4.83. The van der Waals surface area contributed by atoms with E-state index in [1.165, 1.54) is 12.1 Å². The number of benzene rings is 1. The van der Waals surface area contributed by atoms with E-state index in [1.807, 2.05) is 0 Å². The summed E-state index contributed by atoms with van der Waals surface area (Å²) in [6.07, 6.45) is -3.22. The average Bonchev–Trinajstić information content (AvgIpc) is 3.05. The lowest BCUT2D eigenvalue weighted by Crippen LogP contribution is -2.17. The number of hydrogen-bond donors (Lipinski definition) is 1. The quantitative estimate of drug-likeness (QED) is 0.734. The van der Waals surface area contributed by atoms with Crippen molar-refractivity contribution in [3.05, 3.63) is 41.6 Å². The first-order chi connectivity index (χ1) is 11.9. The number of ether oxygens (including phenoxy) is 1. The Bertz CT molecular complexity index is 898. The summed E-state index contributed by atoms with van der Waals surface area (Å²) in [4.78, 5) is 8.36. The molecular weight excluding hydrogens is 361 g/mol. The molecule has 2 heterocycles. The average molecular weight is 371 g/mol. The van der Waals surface area contributed by atoms with E-state index >= 15 is 0 Å². The first kappa shape index (κ1) is 17.0. The highest BCUT2D eigenvalue weighted by atomic mass is 35.5. The molecule has 0 aliphatic rings. The normalized spacial score (nSPS) is 11.4. The molecule has 0 aliphatic heterocycles. The topological polar surface area (TPSA) is 73.1 Å². The van der Waals surface area contributed by atoms with E-state index in [1.54, 1.807) is 25.4 Å². The second-order valence-electron chi connectivity index (χ2n) is 4.77. The molecule has 6 nitrogen and oxygen atoms in total. The smallest absolute Gasteiger partial charge is 0.404 e. The highest BCUT2D eigenvalue weighted by Gasteiger charge is 2.32. The van der Waals surface area contributed by atoms with E-state index in [0.717, 1.165) is 6.07 Å². The van der Waals surface area contributed by atoms with Crippen LogP contribution >= 0.6 is 11.6 Å². The van der Waals surface area contributed by atoms with Gasteiger partial charge in [0.1, 0.15) is 11.6 Å². The van der Waals surface area contributed by atoms with Gasteiger partial charge in [0.05, 0.1) is 10.6 Å². The summed E-state index contributed by atoms with van der Waals surface area (Å²) in [5, 5.41) is 6.54. The molecule has 0 spiro atoms. The SMILES string of the molecule is CNc1ncccc1-c1noc(-c2ccc(OC(F)(F)F)c(Cl)c2)n1. The molecule has 25 heavy (non-hydrogen) atoms. The Kier molecular flexibility index (Phi) is 4.49. The Hall–Kier alpha value is -2.81. The van der Waals surface area contributed by atoms with Crippen molar-refractivity contribution in [1.82, 2.24) is 15.1 Å². The molecule has 1 aromatic carbocycles. The maximum atomic E-state index is 12.3. The fraction of sp³-hybridized carbons (Fsp3) is 0.133. The number of alkyl halides is 3. The van der Waals surface area contributed by atoms with Crippen molar-refractivity contribution in [3.63, 3.8) is 0 Å². The molecule has 130 valence electrons. The molecule has 3 rings (SSSR count). The molecule has 1 N–H and O–H groups in total. The van der Waals surface area contributed by atoms with Crippen molar-refractivity contribution >= 4 is 17.4 Å². The van der Waals surface area contributed by atoms with Gasteiger partial charge in [-0.3, -0.25) is 0 Å². The van der Waals surface area contributed by atoms with Crippen LogP contribution in [-0.4, -0.2) is 28.5 Å². The third kappa shape index (κ3) is 3.82. The molecular formula is C15H10ClF3N4O2. The highest BCUT2D eigenvalue weighted by molar-refractivity contribution is 6.32. The van der Waals surface area contributed by atoms with E-state index in [0.29, 0.717) is 16.9 Å². The zero-order valence-electron chi connectivity index (χ0n) is 12.6. The van der Waals surface area contributed by atoms with Crippen molar-refractivity contribution in [1.29, 1.82) is 0 Å². The predicted octanol–water partition coefficient (Wildman–Crippen LogP) is 4.39. The fourth-order valence-corrected chi connectivity index (χ4v) is 2.30. The third-order valence-electron chi connectivity index (χ3n) is 3.12. The largest absolute Gasteiger partial charge is 0.573 e. The van der Waals surface area contributed by atoms with Gasteiger partial charge in [0.2, 0.25) is 5.82 Å². The van der Waals surface area contributed by atoms with Crippen LogP contribution in [0.5, 0.6) is 5.75 Å². The van der Waals surface area contributed by atoms with Gasteiger partial charge in [0, 0.05) is 18.8 Å². The monoisotopic (exact) mass is 370 g/mol. The van der Waals surface area contributed by atoms with Gasteiger partial charge >= 0.3 is 6.36 Å². The standard InChI is InChI=1S/C15H10ClF3N4O2/c1-20-12-9(3-2-6-21-12)13-22-14(25-23-13)8-4-5-11(10(16)7-8)24-15(17,18)19/h2-7H,1H3,(H,20,21). The van der Waals surface area contributed by atoms with Crippen LogP contribution in [0.15, 0.2) is 41.1 Å². The molecule has 0 amide bonds. The predicted molar refractivity (Wildman–Crippen MR) is 84.2 cm³/mol. The number of aromatic nitrogens is 3. The van der Waals surface area contributed by atoms with Gasteiger partial charge in [-0.25, -0.2) is 4.98 Å². The Morgan fingerprint density at radius 2 is 2.04 bits per heavy atom. The number of nitrogens with zero attached hydrogens (tertiary/aromatic N) is 3. The number of nitrogens with one attached hydrogen (secondary N) is 1. The fourth-order valence-electron chi connectivity index (χ4n) is 2.08. The van der Waals surface area contributed by atoms with E-state index in [9.17, 15) is 13.2 Å². The molecule has 0 saturated carbocycles. The number of halogens is 4. The van der Waals surface area contributed by atoms with Crippen LogP contribution in [0, 0.1) is 0 Å². The van der Waals surface area contributed by atoms with Crippen molar-refractivity contribution in [3.8, 4) is 28.6 Å². The van der Waals surface area contributed by atoms with Crippen molar-refractivity contribution in [2.45, 2.75) is 6.36 Å². The molecule has 3 aromatic rings. The lowest BCUT2D eigenvalue weighted by Gasteiger charge is -2.10. The molecule has 0 fully saturated rings. The van der Waals surface area contributed by atoms with Gasteiger partial charge in [0.25, 0.3) is 5.89 Å². The van der Waals surface area contributed by atoms with E-state index in [2.05, 4.69) is 25.2 Å². The summed E-state index contributed by atoms with van der Waals surface area (Å²) in [7, 11) is 1.70. The summed E-state index contributed by atoms with van der Waals surface area (Å²) in [5.41, 5.74) is 0.969. The van der Waals surface area contributed by atoms with Crippen LogP contribution in [0.4, 0.5) is 19.0 Å². The highest BCUT2D eigenvalue weighted by Crippen LogP contribution is 2.34. The maximum Gasteiger partial charge on any atom is 0.573 e. The van der Waals surface area contributed by atoms with Gasteiger partial charge < -0.3 is 14.6 Å².